The van der Waals surface area contributed by atoms with E-state index in [-0.39, 0.29) is 17.3 Å². The summed E-state index contributed by atoms with van der Waals surface area (Å²) >= 11 is 0. The summed E-state index contributed by atoms with van der Waals surface area (Å²) in [5, 5.41) is 11.3. The van der Waals surface area contributed by atoms with Crippen molar-refractivity contribution in [2.75, 3.05) is 25.6 Å². The van der Waals surface area contributed by atoms with Crippen molar-refractivity contribution in [3.05, 3.63) is 29.6 Å². The Bertz CT molecular complexity index is 522. The number of amides is 2. The zero-order valence-electron chi connectivity index (χ0n) is 12.2. The highest BCUT2D eigenvalue weighted by atomic mass is 19.1. The topological polar surface area (TPSA) is 78.9 Å². The number of carbonyl (C=O) groups excluding carboxylic acids is 1. The number of carbonyl (C=O) groups is 2. The number of halogens is 1. The molecule has 0 saturated heterocycles. The van der Waals surface area contributed by atoms with Crippen LogP contribution in [0.2, 0.25) is 0 Å². The Balaban J connectivity index is 2.91. The molecule has 0 aliphatic rings. The van der Waals surface area contributed by atoms with Crippen molar-refractivity contribution in [3.8, 4) is 0 Å². The van der Waals surface area contributed by atoms with Gasteiger partial charge in [0.1, 0.15) is 5.82 Å². The van der Waals surface area contributed by atoms with E-state index in [1.165, 1.54) is 12.0 Å². The molecule has 0 radical (unpaired) electrons. The van der Waals surface area contributed by atoms with Crippen molar-refractivity contribution in [1.29, 1.82) is 0 Å². The smallest absolute Gasteiger partial charge is 0.335 e. The number of carboxylic acid groups (broad SMARTS) is 1. The summed E-state index contributed by atoms with van der Waals surface area (Å²) in [6, 6.07) is 2.53. The number of benzene rings is 1. The number of rotatable bonds is 6. The van der Waals surface area contributed by atoms with E-state index in [2.05, 4.69) is 5.32 Å². The van der Waals surface area contributed by atoms with E-state index >= 15 is 0 Å². The quantitative estimate of drug-likeness (QED) is 0.845. The van der Waals surface area contributed by atoms with Crippen LogP contribution < -0.4 is 5.32 Å². The zero-order chi connectivity index (χ0) is 16.0. The van der Waals surface area contributed by atoms with E-state index < -0.39 is 17.8 Å². The highest BCUT2D eigenvalue weighted by Gasteiger charge is 2.20. The molecule has 0 aliphatic heterocycles. The first-order valence-electron chi connectivity index (χ1n) is 6.50. The van der Waals surface area contributed by atoms with Crippen LogP contribution in [0.3, 0.4) is 0 Å². The molecule has 116 valence electrons. The fourth-order valence-electron chi connectivity index (χ4n) is 1.93. The van der Waals surface area contributed by atoms with Crippen LogP contribution in [-0.4, -0.2) is 48.3 Å². The molecule has 0 aromatic heterocycles. The number of carboxylic acids is 1. The van der Waals surface area contributed by atoms with E-state index in [1.54, 1.807) is 13.8 Å². The number of hydrogen-bond acceptors (Lipinski definition) is 3. The Hall–Kier alpha value is -2.15. The summed E-state index contributed by atoms with van der Waals surface area (Å²) in [6.07, 6.45) is 0. The molecule has 1 rings (SSSR count). The lowest BCUT2D eigenvalue weighted by molar-refractivity contribution is 0.0696. The van der Waals surface area contributed by atoms with Gasteiger partial charge < -0.3 is 20.1 Å². The summed E-state index contributed by atoms with van der Waals surface area (Å²) in [7, 11) is 1.53. The van der Waals surface area contributed by atoms with Gasteiger partial charge in [0.05, 0.1) is 23.9 Å². The third kappa shape index (κ3) is 4.42. The van der Waals surface area contributed by atoms with E-state index in [0.717, 1.165) is 18.2 Å². The second kappa shape index (κ2) is 7.58. The first kappa shape index (κ1) is 16.9. The minimum absolute atomic E-state index is 0.0975. The first-order chi connectivity index (χ1) is 9.90. The monoisotopic (exact) mass is 298 g/mol. The highest BCUT2D eigenvalue weighted by molar-refractivity contribution is 5.93. The van der Waals surface area contributed by atoms with E-state index in [4.69, 9.17) is 9.84 Å². The standard InChI is InChI=1S/C14H19FN2O4/c1-4-17(9(2)8-21-3)14(20)16-12-7-10(13(18)19)5-6-11(12)15/h5-7,9H,4,8H2,1-3H3,(H,16,20)(H,18,19). The third-order valence-corrected chi connectivity index (χ3v) is 3.00. The van der Waals surface area contributed by atoms with Gasteiger partial charge in [-0.25, -0.2) is 14.0 Å². The Kier molecular flexibility index (Phi) is 6.10. The number of nitrogens with zero attached hydrogens (tertiary/aromatic N) is 1. The molecular weight excluding hydrogens is 279 g/mol. The number of nitrogens with one attached hydrogen (secondary N) is 1. The molecule has 0 aliphatic carbocycles. The maximum Gasteiger partial charge on any atom is 0.335 e. The summed E-state index contributed by atoms with van der Waals surface area (Å²) in [5.41, 5.74) is -0.261. The van der Waals surface area contributed by atoms with Gasteiger partial charge in [-0.1, -0.05) is 0 Å². The van der Waals surface area contributed by atoms with Crippen LogP contribution in [-0.2, 0) is 4.74 Å². The molecule has 1 unspecified atom stereocenters. The number of ether oxygens (including phenoxy) is 1. The van der Waals surface area contributed by atoms with Crippen molar-refractivity contribution in [2.45, 2.75) is 19.9 Å². The minimum atomic E-state index is -1.19. The fraction of sp³-hybridized carbons (Fsp3) is 0.429. The van der Waals surface area contributed by atoms with Crippen molar-refractivity contribution < 1.29 is 23.8 Å². The molecule has 6 nitrogen and oxygen atoms in total. The third-order valence-electron chi connectivity index (χ3n) is 3.00. The van der Waals surface area contributed by atoms with Gasteiger partial charge in [0.15, 0.2) is 0 Å². The number of aromatic carboxylic acids is 1. The molecule has 1 aromatic carbocycles. The van der Waals surface area contributed by atoms with Gasteiger partial charge in [0.2, 0.25) is 0 Å². The van der Waals surface area contributed by atoms with E-state index in [0.29, 0.717) is 13.2 Å². The molecule has 1 aromatic rings. The Labute approximate surface area is 122 Å². The van der Waals surface area contributed by atoms with Gasteiger partial charge in [-0.05, 0) is 32.0 Å². The molecule has 0 fully saturated rings. The van der Waals surface area contributed by atoms with Crippen LogP contribution >= 0.6 is 0 Å². The molecule has 7 heteroatoms. The van der Waals surface area contributed by atoms with Crippen LogP contribution in [0.4, 0.5) is 14.9 Å². The molecule has 2 amide bonds. The molecule has 0 spiro atoms. The lowest BCUT2D eigenvalue weighted by Gasteiger charge is -2.27. The summed E-state index contributed by atoms with van der Waals surface area (Å²) in [6.45, 7) is 4.35. The van der Waals surface area contributed by atoms with Crippen molar-refractivity contribution in [1.82, 2.24) is 4.90 Å². The summed E-state index contributed by atoms with van der Waals surface area (Å²) < 4.78 is 18.6. The second-order valence-corrected chi connectivity index (χ2v) is 4.52. The SMILES string of the molecule is CCN(C(=O)Nc1cc(C(=O)O)ccc1F)C(C)COC. The molecule has 0 heterocycles. The van der Waals surface area contributed by atoms with Gasteiger partial charge in [0, 0.05) is 13.7 Å². The lowest BCUT2D eigenvalue weighted by atomic mass is 10.2. The molecule has 0 bridgehead atoms. The number of urea groups is 1. The number of anilines is 1. The molecule has 2 N–H and O–H groups in total. The second-order valence-electron chi connectivity index (χ2n) is 4.52. The number of likely N-dealkylation sites (N-methyl/N-ethyl adjacent to an activating group) is 1. The normalized spacial score (nSPS) is 11.8. The molecule has 1 atom stereocenters. The van der Waals surface area contributed by atoms with Crippen molar-refractivity contribution in [3.63, 3.8) is 0 Å². The highest BCUT2D eigenvalue weighted by Crippen LogP contribution is 2.17. The number of methoxy groups -OCH3 is 1. The van der Waals surface area contributed by atoms with Gasteiger partial charge >= 0.3 is 12.0 Å². The van der Waals surface area contributed by atoms with Crippen molar-refractivity contribution >= 4 is 17.7 Å². The fourth-order valence-corrected chi connectivity index (χ4v) is 1.93. The Morgan fingerprint density at radius 2 is 2.14 bits per heavy atom. The van der Waals surface area contributed by atoms with Crippen molar-refractivity contribution in [2.24, 2.45) is 0 Å². The first-order valence-corrected chi connectivity index (χ1v) is 6.50. The molecule has 0 saturated carbocycles. The van der Waals surface area contributed by atoms with E-state index in [1.807, 2.05) is 0 Å². The molecule has 21 heavy (non-hydrogen) atoms. The van der Waals surface area contributed by atoms with Gasteiger partial charge in [-0.3, -0.25) is 0 Å². The average Bonchev–Trinajstić information content (AvgIpc) is 2.42. The van der Waals surface area contributed by atoms with Gasteiger partial charge in [-0.2, -0.15) is 0 Å². The summed E-state index contributed by atoms with van der Waals surface area (Å²) in [5.74, 6) is -1.88. The Morgan fingerprint density at radius 1 is 1.48 bits per heavy atom. The van der Waals surface area contributed by atoms with Crippen LogP contribution in [0.15, 0.2) is 18.2 Å². The maximum absolute atomic E-state index is 13.7. The number of hydrogen-bond donors (Lipinski definition) is 2. The van der Waals surface area contributed by atoms with Crippen LogP contribution in [0.5, 0.6) is 0 Å². The predicted octanol–water partition coefficient (Wildman–Crippen LogP) is 2.41. The minimum Gasteiger partial charge on any atom is -0.478 e. The van der Waals surface area contributed by atoms with Crippen LogP contribution in [0.1, 0.15) is 24.2 Å². The maximum atomic E-state index is 13.7. The van der Waals surface area contributed by atoms with Gasteiger partial charge in [-0.15, -0.1) is 0 Å². The predicted molar refractivity (Wildman–Crippen MR) is 76.1 cm³/mol. The summed E-state index contributed by atoms with van der Waals surface area (Å²) in [4.78, 5) is 24.5. The Morgan fingerprint density at radius 3 is 2.67 bits per heavy atom. The van der Waals surface area contributed by atoms with Crippen LogP contribution in [0, 0.1) is 5.82 Å². The largest absolute Gasteiger partial charge is 0.478 e. The lowest BCUT2D eigenvalue weighted by Crippen LogP contribution is -2.43. The van der Waals surface area contributed by atoms with E-state index in [9.17, 15) is 14.0 Å². The molecular formula is C14H19FN2O4. The zero-order valence-corrected chi connectivity index (χ0v) is 12.2. The van der Waals surface area contributed by atoms with Crippen LogP contribution in [0.25, 0.3) is 0 Å². The van der Waals surface area contributed by atoms with Gasteiger partial charge in [0.25, 0.3) is 0 Å². The average molecular weight is 298 g/mol.